The van der Waals surface area contributed by atoms with Gasteiger partial charge in [-0.25, -0.2) is 0 Å². The number of hydrogen-bond donors (Lipinski definition) is 0. The Balaban J connectivity index is 1.51. The van der Waals surface area contributed by atoms with E-state index in [1.54, 1.807) is 0 Å². The molecular weight excluding hydrogens is 428 g/mol. The van der Waals surface area contributed by atoms with Gasteiger partial charge in [0.1, 0.15) is 18.3 Å². The molecule has 2 aliphatic heterocycles. The third-order valence-corrected chi connectivity index (χ3v) is 8.48. The highest BCUT2D eigenvalue weighted by molar-refractivity contribution is 8.17. The summed E-state index contributed by atoms with van der Waals surface area (Å²) in [5.41, 5.74) is 2.32. The van der Waals surface area contributed by atoms with Gasteiger partial charge in [-0.3, -0.25) is 0 Å². The molecule has 2 heterocycles. The molecule has 0 spiro atoms. The van der Waals surface area contributed by atoms with E-state index in [2.05, 4.69) is 36.4 Å². The van der Waals surface area contributed by atoms with Gasteiger partial charge >= 0.3 is 0 Å². The van der Waals surface area contributed by atoms with E-state index < -0.39 is 5.79 Å². The molecule has 0 aromatic heterocycles. The lowest BCUT2D eigenvalue weighted by Crippen LogP contribution is -2.57. The van der Waals surface area contributed by atoms with Crippen LogP contribution >= 0.6 is 23.5 Å². The van der Waals surface area contributed by atoms with Crippen molar-refractivity contribution in [3.63, 3.8) is 0 Å². The summed E-state index contributed by atoms with van der Waals surface area (Å²) in [4.78, 5) is 0. The van der Waals surface area contributed by atoms with Crippen LogP contribution in [-0.4, -0.2) is 46.8 Å². The van der Waals surface area contributed by atoms with E-state index in [0.717, 1.165) is 17.1 Å². The van der Waals surface area contributed by atoms with E-state index in [1.807, 2.05) is 61.6 Å². The van der Waals surface area contributed by atoms with Gasteiger partial charge in [-0.05, 0) is 42.9 Å². The number of benzene rings is 2. The molecule has 0 aliphatic carbocycles. The van der Waals surface area contributed by atoms with Crippen molar-refractivity contribution in [2.75, 3.05) is 18.1 Å². The first-order valence-electron chi connectivity index (χ1n) is 11.0. The van der Waals surface area contributed by atoms with Crippen LogP contribution in [0.2, 0.25) is 0 Å². The molecule has 0 saturated carbocycles. The van der Waals surface area contributed by atoms with Crippen molar-refractivity contribution in [2.24, 2.45) is 0 Å². The Hall–Kier alpha value is -1.02. The van der Waals surface area contributed by atoms with Crippen LogP contribution in [-0.2, 0) is 32.2 Å². The van der Waals surface area contributed by atoms with Crippen molar-refractivity contribution in [3.05, 3.63) is 71.8 Å². The Kier molecular flexibility index (Phi) is 8.37. The van der Waals surface area contributed by atoms with Gasteiger partial charge in [0.05, 0.1) is 24.4 Å². The normalized spacial score (nSPS) is 25.2. The average Bonchev–Trinajstić information content (AvgIpc) is 2.80. The lowest BCUT2D eigenvalue weighted by atomic mass is 10.1. The quantitative estimate of drug-likeness (QED) is 0.517. The molecule has 4 rings (SSSR count). The van der Waals surface area contributed by atoms with Crippen LogP contribution in [0.15, 0.2) is 60.7 Å². The maximum atomic E-state index is 6.58. The predicted molar refractivity (Wildman–Crippen MR) is 128 cm³/mol. The zero-order valence-corrected chi connectivity index (χ0v) is 19.9. The van der Waals surface area contributed by atoms with Crippen LogP contribution in [0, 0.1) is 0 Å². The molecule has 2 aliphatic rings. The number of hydrogen-bond acceptors (Lipinski definition) is 6. The largest absolute Gasteiger partial charge is 0.369 e. The van der Waals surface area contributed by atoms with Gasteiger partial charge in [-0.15, -0.1) is 23.5 Å². The fraction of sp³-hybridized carbons (Fsp3) is 0.520. The molecule has 6 heteroatoms. The Labute approximate surface area is 194 Å². The smallest absolute Gasteiger partial charge is 0.163 e. The van der Waals surface area contributed by atoms with Gasteiger partial charge in [-0.2, -0.15) is 0 Å². The van der Waals surface area contributed by atoms with Gasteiger partial charge < -0.3 is 18.9 Å². The average molecular weight is 461 g/mol. The predicted octanol–water partition coefficient (Wildman–Crippen LogP) is 5.50. The van der Waals surface area contributed by atoms with Gasteiger partial charge in [0, 0.05) is 0 Å². The molecule has 31 heavy (non-hydrogen) atoms. The van der Waals surface area contributed by atoms with E-state index >= 15 is 0 Å². The Morgan fingerprint density at radius 1 is 0.935 bits per heavy atom. The molecule has 0 bridgehead atoms. The first kappa shape index (κ1) is 23.1. The highest BCUT2D eigenvalue weighted by atomic mass is 32.2. The third kappa shape index (κ3) is 6.73. The molecule has 3 atom stereocenters. The zero-order chi connectivity index (χ0) is 21.5. The molecule has 168 valence electrons. The molecular formula is C25H32O4S2. The fourth-order valence-electron chi connectivity index (χ4n) is 3.81. The van der Waals surface area contributed by atoms with E-state index in [-0.39, 0.29) is 18.3 Å². The van der Waals surface area contributed by atoms with E-state index in [1.165, 1.54) is 12.0 Å². The monoisotopic (exact) mass is 460 g/mol. The maximum Gasteiger partial charge on any atom is 0.163 e. The summed E-state index contributed by atoms with van der Waals surface area (Å²) >= 11 is 3.96. The van der Waals surface area contributed by atoms with Crippen molar-refractivity contribution < 1.29 is 18.9 Å². The van der Waals surface area contributed by atoms with Crippen LogP contribution in [0.1, 0.15) is 31.4 Å². The lowest BCUT2D eigenvalue weighted by molar-refractivity contribution is -0.327. The SMILES string of the molecule is CC1(C)OC[C@@H](OCc2ccccc2)[C@H]([C@@H](OCc2ccccc2)C2SCCCS2)O1. The Bertz CT molecular complexity index is 781. The van der Waals surface area contributed by atoms with Gasteiger partial charge in [0.15, 0.2) is 5.79 Å². The summed E-state index contributed by atoms with van der Waals surface area (Å²) in [7, 11) is 0. The second-order valence-electron chi connectivity index (χ2n) is 8.35. The van der Waals surface area contributed by atoms with Crippen LogP contribution in [0.4, 0.5) is 0 Å². The lowest BCUT2D eigenvalue weighted by Gasteiger charge is -2.45. The number of thioether (sulfide) groups is 2. The molecule has 0 amide bonds. The Morgan fingerprint density at radius 3 is 2.19 bits per heavy atom. The summed E-state index contributed by atoms with van der Waals surface area (Å²) < 4.78 is 25.7. The molecule has 2 fully saturated rings. The second-order valence-corrected chi connectivity index (χ2v) is 11.2. The van der Waals surface area contributed by atoms with Gasteiger partial charge in [-0.1, -0.05) is 60.7 Å². The highest BCUT2D eigenvalue weighted by Gasteiger charge is 2.45. The number of rotatable bonds is 8. The first-order valence-corrected chi connectivity index (χ1v) is 13.1. The van der Waals surface area contributed by atoms with Crippen molar-refractivity contribution in [3.8, 4) is 0 Å². The molecule has 0 unspecified atom stereocenters. The number of ether oxygens (including phenoxy) is 4. The molecule has 4 nitrogen and oxygen atoms in total. The molecule has 0 radical (unpaired) electrons. The van der Waals surface area contributed by atoms with Crippen LogP contribution < -0.4 is 0 Å². The fourth-order valence-corrected chi connectivity index (χ4v) is 6.88. The molecule has 2 aromatic rings. The maximum absolute atomic E-state index is 6.58. The van der Waals surface area contributed by atoms with Crippen molar-refractivity contribution in [1.82, 2.24) is 0 Å². The van der Waals surface area contributed by atoms with Crippen molar-refractivity contribution in [2.45, 2.75) is 62.2 Å². The molecule has 2 saturated heterocycles. The summed E-state index contributed by atoms with van der Waals surface area (Å²) in [6.45, 7) is 5.55. The summed E-state index contributed by atoms with van der Waals surface area (Å²) in [6.07, 6.45) is 0.779. The van der Waals surface area contributed by atoms with Crippen molar-refractivity contribution in [1.29, 1.82) is 0 Å². The first-order chi connectivity index (χ1) is 15.1. The van der Waals surface area contributed by atoms with Gasteiger partial charge in [0.25, 0.3) is 0 Å². The highest BCUT2D eigenvalue weighted by Crippen LogP contribution is 2.39. The van der Waals surface area contributed by atoms with Crippen LogP contribution in [0.25, 0.3) is 0 Å². The standard InChI is InChI=1S/C25H32O4S2/c1-25(2)28-18-21(26-16-19-10-5-3-6-11-19)22(29-25)23(24-30-14-9-15-31-24)27-17-20-12-7-4-8-13-20/h3-8,10-13,21-24H,9,14-18H2,1-2H3/t21-,22-,23-/m1/s1. The van der Waals surface area contributed by atoms with Crippen molar-refractivity contribution >= 4 is 23.5 Å². The minimum absolute atomic E-state index is 0.0838. The van der Waals surface area contributed by atoms with E-state index in [4.69, 9.17) is 18.9 Å². The molecule has 0 N–H and O–H groups in total. The Morgan fingerprint density at radius 2 is 1.55 bits per heavy atom. The van der Waals surface area contributed by atoms with Crippen LogP contribution in [0.3, 0.4) is 0 Å². The van der Waals surface area contributed by atoms with E-state index in [9.17, 15) is 0 Å². The second kappa shape index (κ2) is 11.2. The van der Waals surface area contributed by atoms with Gasteiger partial charge in [0.2, 0.25) is 0 Å². The minimum Gasteiger partial charge on any atom is -0.369 e. The summed E-state index contributed by atoms with van der Waals surface area (Å²) in [5, 5.41) is 0. The topological polar surface area (TPSA) is 36.9 Å². The third-order valence-electron chi connectivity index (χ3n) is 5.42. The minimum atomic E-state index is -0.657. The summed E-state index contributed by atoms with van der Waals surface area (Å²) in [6, 6.07) is 20.6. The summed E-state index contributed by atoms with van der Waals surface area (Å²) in [5.74, 6) is 1.66. The van der Waals surface area contributed by atoms with E-state index in [0.29, 0.717) is 24.4 Å². The zero-order valence-electron chi connectivity index (χ0n) is 18.3. The molecule has 2 aromatic carbocycles. The van der Waals surface area contributed by atoms with Crippen LogP contribution in [0.5, 0.6) is 0 Å².